The number of rotatable bonds is 8. The lowest BCUT2D eigenvalue weighted by Gasteiger charge is -2.50. The van der Waals surface area contributed by atoms with Gasteiger partial charge in [-0.2, -0.15) is 0 Å². The van der Waals surface area contributed by atoms with Gasteiger partial charge in [0.05, 0.1) is 11.7 Å². The Balaban J connectivity index is 1.52. The minimum absolute atomic E-state index is 0.134. The predicted molar refractivity (Wildman–Crippen MR) is 123 cm³/mol. The molecule has 2 atom stereocenters. The van der Waals surface area contributed by atoms with Gasteiger partial charge in [0.15, 0.2) is 29.8 Å². The monoisotopic (exact) mass is 502 g/mol. The van der Waals surface area contributed by atoms with Gasteiger partial charge in [0.1, 0.15) is 24.2 Å². The van der Waals surface area contributed by atoms with Crippen molar-refractivity contribution in [2.45, 2.75) is 31.3 Å². The van der Waals surface area contributed by atoms with Crippen molar-refractivity contribution in [2.75, 3.05) is 18.6 Å². The van der Waals surface area contributed by atoms with Gasteiger partial charge in [-0.3, -0.25) is 14.5 Å². The number of amides is 2. The van der Waals surface area contributed by atoms with Crippen LogP contribution in [0.25, 0.3) is 0 Å². The first kappa shape index (κ1) is 23.7. The predicted octanol–water partition coefficient (Wildman–Crippen LogP) is -0.970. The van der Waals surface area contributed by atoms with E-state index in [-0.39, 0.29) is 22.2 Å². The van der Waals surface area contributed by atoms with Gasteiger partial charge < -0.3 is 25.8 Å². The van der Waals surface area contributed by atoms with Crippen molar-refractivity contribution in [3.8, 4) is 0 Å². The number of hydrogen-bond acceptors (Lipinski definition) is 10. The molecule has 1 saturated heterocycles. The highest BCUT2D eigenvalue weighted by molar-refractivity contribution is 8.00. The Hall–Kier alpha value is -3.45. The molecule has 0 spiro atoms. The lowest BCUT2D eigenvalue weighted by molar-refractivity contribution is -0.689. The standard InChI is InChI=1S/C21H22N6O5S2/c1-3-11-4-6-26(7-5-11)8-12-9-33-19-15(18(29)27(19)16(12)20(30)31)24-17(28)14(25-32-2)13-10-34-21(22)23-13/h4-7,10,15,19H,3,8-9H2,1-2H3,(H3-,22,23,24,28,30,31)/b25-14-/t15-,19-/m1/s1. The molecule has 178 valence electrons. The molecule has 3 N–H and O–H groups in total. The number of anilines is 1. The van der Waals surface area contributed by atoms with Gasteiger partial charge in [-0.25, -0.2) is 9.55 Å². The number of aliphatic carboxylic acids is 1. The van der Waals surface area contributed by atoms with E-state index >= 15 is 0 Å². The summed E-state index contributed by atoms with van der Waals surface area (Å²) in [5.74, 6) is -2.28. The van der Waals surface area contributed by atoms with Gasteiger partial charge in [-0.05, 0) is 12.0 Å². The molecule has 11 nitrogen and oxygen atoms in total. The molecule has 2 aromatic rings. The maximum atomic E-state index is 12.9. The number of carboxylic acid groups (broad SMARTS) is 1. The third-order valence-corrected chi connectivity index (χ3v) is 7.44. The summed E-state index contributed by atoms with van der Waals surface area (Å²) in [6, 6.07) is 3.00. The van der Waals surface area contributed by atoms with Crippen LogP contribution in [-0.2, 0) is 32.2 Å². The summed E-state index contributed by atoms with van der Waals surface area (Å²) in [6.07, 6.45) is 4.64. The second-order valence-corrected chi connectivity index (χ2v) is 9.52. The molecule has 2 aliphatic rings. The Morgan fingerprint density at radius 3 is 2.74 bits per heavy atom. The molecule has 4 heterocycles. The number of carbonyl (C=O) groups is 3. The highest BCUT2D eigenvalue weighted by atomic mass is 32.2. The zero-order valence-electron chi connectivity index (χ0n) is 18.4. The zero-order valence-corrected chi connectivity index (χ0v) is 20.0. The van der Waals surface area contributed by atoms with Crippen molar-refractivity contribution < 1.29 is 28.9 Å². The van der Waals surface area contributed by atoms with Crippen molar-refractivity contribution in [3.63, 3.8) is 0 Å². The Labute approximate surface area is 203 Å². The largest absolute Gasteiger partial charge is 0.543 e. The lowest BCUT2D eigenvalue weighted by Crippen LogP contribution is -2.71. The molecule has 13 heteroatoms. The quantitative estimate of drug-likeness (QED) is 0.202. The maximum absolute atomic E-state index is 12.9. The zero-order chi connectivity index (χ0) is 24.4. The molecule has 0 unspecified atom stereocenters. The van der Waals surface area contributed by atoms with Crippen LogP contribution in [0.15, 0.2) is 46.3 Å². The van der Waals surface area contributed by atoms with Crippen molar-refractivity contribution in [1.29, 1.82) is 0 Å². The molecule has 0 saturated carbocycles. The molecule has 0 aliphatic carbocycles. The number of hydrogen-bond donors (Lipinski definition) is 2. The molecular formula is C21H22N6O5S2. The van der Waals surface area contributed by atoms with E-state index in [1.54, 1.807) is 5.38 Å². The van der Waals surface area contributed by atoms with Gasteiger partial charge in [-0.1, -0.05) is 12.1 Å². The minimum Gasteiger partial charge on any atom is -0.543 e. The van der Waals surface area contributed by atoms with Crippen molar-refractivity contribution >= 4 is 51.7 Å². The number of carboxylic acids is 1. The molecule has 0 bridgehead atoms. The minimum atomic E-state index is -1.43. The molecule has 2 aliphatic heterocycles. The fourth-order valence-electron chi connectivity index (χ4n) is 3.74. The fourth-order valence-corrected chi connectivity index (χ4v) is 5.63. The maximum Gasteiger partial charge on any atom is 0.276 e. The van der Waals surface area contributed by atoms with Crippen LogP contribution in [0.5, 0.6) is 0 Å². The van der Waals surface area contributed by atoms with Crippen LogP contribution in [0.4, 0.5) is 5.13 Å². The highest BCUT2D eigenvalue weighted by Crippen LogP contribution is 2.40. The van der Waals surface area contributed by atoms with E-state index in [0.29, 0.717) is 17.9 Å². The van der Waals surface area contributed by atoms with Gasteiger partial charge in [0, 0.05) is 28.8 Å². The second kappa shape index (κ2) is 9.81. The van der Waals surface area contributed by atoms with E-state index in [1.807, 2.05) is 29.1 Å². The molecule has 1 fully saturated rings. The Kier molecular flexibility index (Phi) is 6.84. The van der Waals surface area contributed by atoms with Crippen LogP contribution in [0.3, 0.4) is 0 Å². The van der Waals surface area contributed by atoms with Crippen LogP contribution < -0.4 is 20.7 Å². The Morgan fingerprint density at radius 1 is 1.41 bits per heavy atom. The second-order valence-electron chi connectivity index (χ2n) is 7.53. The number of oxime groups is 1. The summed E-state index contributed by atoms with van der Waals surface area (Å²) in [4.78, 5) is 47.7. The van der Waals surface area contributed by atoms with E-state index in [1.165, 1.54) is 23.8 Å². The number of thioether (sulfide) groups is 1. The number of aromatic nitrogens is 2. The number of pyridine rings is 1. The number of nitrogens with one attached hydrogen (secondary N) is 1. The van der Waals surface area contributed by atoms with Crippen molar-refractivity contribution in [1.82, 2.24) is 15.2 Å². The van der Waals surface area contributed by atoms with E-state index in [0.717, 1.165) is 23.3 Å². The summed E-state index contributed by atoms with van der Waals surface area (Å²) < 4.78 is 1.86. The summed E-state index contributed by atoms with van der Waals surface area (Å²) in [6.45, 7) is 2.36. The summed E-state index contributed by atoms with van der Waals surface area (Å²) >= 11 is 2.50. The van der Waals surface area contributed by atoms with Crippen LogP contribution in [-0.4, -0.2) is 57.7 Å². The number of thiazole rings is 1. The van der Waals surface area contributed by atoms with Gasteiger partial charge in [-0.15, -0.1) is 23.1 Å². The molecule has 0 aromatic carbocycles. The molecular weight excluding hydrogens is 480 g/mol. The summed E-state index contributed by atoms with van der Waals surface area (Å²) in [7, 11) is 1.28. The lowest BCUT2D eigenvalue weighted by atomic mass is 10.0. The number of fused-ring (bicyclic) bond motifs is 1. The third kappa shape index (κ3) is 4.48. The Morgan fingerprint density at radius 2 is 2.15 bits per heavy atom. The summed E-state index contributed by atoms with van der Waals surface area (Å²) in [5, 5.41) is 19.5. The number of nitrogens with zero attached hydrogens (tertiary/aromatic N) is 4. The first-order valence-electron chi connectivity index (χ1n) is 10.3. The Bertz CT molecular complexity index is 1190. The number of aryl methyl sites for hydroxylation is 1. The first-order chi connectivity index (χ1) is 16.3. The van der Waals surface area contributed by atoms with E-state index in [2.05, 4.69) is 22.4 Å². The van der Waals surface area contributed by atoms with Crippen molar-refractivity contribution in [3.05, 3.63) is 52.4 Å². The van der Waals surface area contributed by atoms with Crippen LogP contribution in [0.2, 0.25) is 0 Å². The van der Waals surface area contributed by atoms with Crippen LogP contribution >= 0.6 is 23.1 Å². The normalized spacial score (nSPS) is 20.0. The average molecular weight is 503 g/mol. The highest BCUT2D eigenvalue weighted by Gasteiger charge is 2.53. The third-order valence-electron chi connectivity index (χ3n) is 5.43. The van der Waals surface area contributed by atoms with E-state index in [9.17, 15) is 19.5 Å². The van der Waals surface area contributed by atoms with E-state index in [4.69, 9.17) is 10.6 Å². The van der Waals surface area contributed by atoms with Crippen LogP contribution in [0, 0.1) is 0 Å². The molecule has 2 amide bonds. The molecule has 2 aromatic heterocycles. The fraction of sp³-hybridized carbons (Fsp3) is 0.333. The number of nitrogen functional groups attached to an aromatic ring is 1. The first-order valence-corrected chi connectivity index (χ1v) is 12.3. The number of nitrogens with two attached hydrogens (primary N) is 1. The van der Waals surface area contributed by atoms with Gasteiger partial charge in [0.2, 0.25) is 0 Å². The topological polar surface area (TPSA) is 154 Å². The number of carbonyl (C=O) groups excluding carboxylic acids is 3. The molecule has 4 rings (SSSR count). The van der Waals surface area contributed by atoms with Crippen LogP contribution in [0.1, 0.15) is 18.2 Å². The average Bonchev–Trinajstić information content (AvgIpc) is 3.26. The smallest absolute Gasteiger partial charge is 0.276 e. The van der Waals surface area contributed by atoms with Crippen molar-refractivity contribution in [2.24, 2.45) is 5.16 Å². The SMILES string of the molecule is CCc1cc[n+](CC2=C(C(=O)[O-])N3C(=O)[C@@H](NC(=O)/C(=N\OC)c4csc(N)n4)[C@H]3SC2)cc1. The van der Waals surface area contributed by atoms with Gasteiger partial charge >= 0.3 is 0 Å². The molecule has 34 heavy (non-hydrogen) atoms. The molecule has 0 radical (unpaired) electrons. The summed E-state index contributed by atoms with van der Waals surface area (Å²) in [5.41, 5.74) is 7.29. The van der Waals surface area contributed by atoms with Gasteiger partial charge in [0.25, 0.3) is 11.8 Å². The number of β-lactam (4-membered cyclic amide) rings is 1. The van der Waals surface area contributed by atoms with E-state index < -0.39 is 29.2 Å².